The fraction of sp³-hybridized carbons (Fsp3) is 0.0556. The lowest BCUT2D eigenvalue weighted by Gasteiger charge is -2.09. The van der Waals surface area contributed by atoms with Crippen molar-refractivity contribution >= 4 is 16.7 Å². The van der Waals surface area contributed by atoms with Gasteiger partial charge in [0.15, 0.2) is 0 Å². The van der Waals surface area contributed by atoms with Crippen molar-refractivity contribution in [3.05, 3.63) is 66.1 Å². The Bertz CT molecular complexity index is 1010. The van der Waals surface area contributed by atoms with Crippen molar-refractivity contribution < 1.29 is 4.39 Å². The number of aromatic amines is 1. The topological polar surface area (TPSA) is 59.6 Å². The molecule has 0 radical (unpaired) electrons. The Morgan fingerprint density at radius 1 is 1.13 bits per heavy atom. The van der Waals surface area contributed by atoms with Crippen molar-refractivity contribution in [1.29, 1.82) is 0 Å². The fourth-order valence-electron chi connectivity index (χ4n) is 2.92. The summed E-state index contributed by atoms with van der Waals surface area (Å²) in [5, 5.41) is 7.49. The van der Waals surface area contributed by atoms with Crippen molar-refractivity contribution in [2.75, 3.05) is 5.73 Å². The van der Waals surface area contributed by atoms with E-state index in [9.17, 15) is 4.39 Å². The molecule has 4 nitrogen and oxygen atoms in total. The summed E-state index contributed by atoms with van der Waals surface area (Å²) in [5.41, 5.74) is 10.4. The van der Waals surface area contributed by atoms with Gasteiger partial charge in [-0.1, -0.05) is 18.2 Å². The van der Waals surface area contributed by atoms with Crippen molar-refractivity contribution in [3.8, 4) is 16.9 Å². The predicted octanol–water partition coefficient (Wildman–Crippen LogP) is 4.05. The highest BCUT2D eigenvalue weighted by atomic mass is 19.1. The number of anilines is 1. The van der Waals surface area contributed by atoms with E-state index in [1.165, 1.54) is 6.07 Å². The van der Waals surface area contributed by atoms with Crippen LogP contribution in [0.4, 0.5) is 10.2 Å². The molecule has 2 aromatic heterocycles. The van der Waals surface area contributed by atoms with Gasteiger partial charge in [0.2, 0.25) is 0 Å². The lowest BCUT2D eigenvalue weighted by molar-refractivity contribution is 0.639. The Morgan fingerprint density at radius 2 is 2.00 bits per heavy atom. The third-order valence-corrected chi connectivity index (χ3v) is 4.03. The van der Waals surface area contributed by atoms with E-state index in [2.05, 4.69) is 10.2 Å². The zero-order valence-electron chi connectivity index (χ0n) is 12.5. The van der Waals surface area contributed by atoms with Gasteiger partial charge >= 0.3 is 0 Å². The highest BCUT2D eigenvalue weighted by Gasteiger charge is 2.11. The number of hydrogen-bond acceptors (Lipinski definition) is 2. The summed E-state index contributed by atoms with van der Waals surface area (Å²) in [6.07, 6.45) is 1.89. The molecule has 0 amide bonds. The summed E-state index contributed by atoms with van der Waals surface area (Å²) < 4.78 is 16.0. The molecule has 2 aromatic carbocycles. The zero-order valence-corrected chi connectivity index (χ0v) is 12.5. The minimum absolute atomic E-state index is 0.207. The van der Waals surface area contributed by atoms with Crippen molar-refractivity contribution in [1.82, 2.24) is 14.8 Å². The molecule has 0 atom stereocenters. The third kappa shape index (κ3) is 2.17. The Kier molecular flexibility index (Phi) is 2.94. The van der Waals surface area contributed by atoms with E-state index >= 15 is 0 Å². The van der Waals surface area contributed by atoms with Crippen LogP contribution in [0.1, 0.15) is 5.56 Å². The van der Waals surface area contributed by atoms with Gasteiger partial charge in [0.05, 0.1) is 11.2 Å². The number of nitrogens with two attached hydrogens (primary N) is 1. The third-order valence-electron chi connectivity index (χ3n) is 4.03. The monoisotopic (exact) mass is 306 g/mol. The number of benzene rings is 2. The lowest BCUT2D eigenvalue weighted by atomic mass is 10.1. The number of nitrogen functional groups attached to an aromatic ring is 1. The molecule has 5 heteroatoms. The number of rotatable bonds is 2. The molecule has 0 fully saturated rings. The molecule has 2 heterocycles. The van der Waals surface area contributed by atoms with Gasteiger partial charge in [-0.05, 0) is 36.8 Å². The molecule has 4 rings (SSSR count). The summed E-state index contributed by atoms with van der Waals surface area (Å²) in [6, 6.07) is 14.9. The summed E-state index contributed by atoms with van der Waals surface area (Å²) in [7, 11) is 0. The number of nitrogens with one attached hydrogen (secondary N) is 1. The molecule has 0 saturated carbocycles. The van der Waals surface area contributed by atoms with Gasteiger partial charge in [0.25, 0.3) is 0 Å². The molecule has 3 N–H and O–H groups in total. The molecule has 114 valence electrons. The highest BCUT2D eigenvalue weighted by molar-refractivity contribution is 5.85. The lowest BCUT2D eigenvalue weighted by Crippen LogP contribution is -1.95. The van der Waals surface area contributed by atoms with Crippen LogP contribution < -0.4 is 5.73 Å². The van der Waals surface area contributed by atoms with Gasteiger partial charge in [0.1, 0.15) is 11.6 Å². The molecule has 0 aliphatic heterocycles. The molecule has 0 spiro atoms. The maximum atomic E-state index is 14.0. The van der Waals surface area contributed by atoms with Crippen LogP contribution in [-0.2, 0) is 0 Å². The van der Waals surface area contributed by atoms with Crippen molar-refractivity contribution in [3.63, 3.8) is 0 Å². The van der Waals surface area contributed by atoms with E-state index in [-0.39, 0.29) is 5.82 Å². The fourth-order valence-corrected chi connectivity index (χ4v) is 2.92. The Labute approximate surface area is 132 Å². The van der Waals surface area contributed by atoms with Crippen LogP contribution in [-0.4, -0.2) is 14.8 Å². The van der Waals surface area contributed by atoms with Gasteiger partial charge in [-0.3, -0.25) is 5.10 Å². The number of fused-ring (bicyclic) bond motifs is 1. The second kappa shape index (κ2) is 4.98. The van der Waals surface area contributed by atoms with Gasteiger partial charge in [0, 0.05) is 28.9 Å². The smallest absolute Gasteiger partial charge is 0.145 e. The second-order valence-electron chi connectivity index (χ2n) is 5.57. The van der Waals surface area contributed by atoms with Gasteiger partial charge < -0.3 is 10.3 Å². The molecule has 0 bridgehead atoms. The first-order valence-electron chi connectivity index (χ1n) is 7.31. The average Bonchev–Trinajstić information content (AvgIpc) is 3.18. The maximum Gasteiger partial charge on any atom is 0.145 e. The van der Waals surface area contributed by atoms with E-state index in [1.807, 2.05) is 42.0 Å². The number of hydrogen-bond donors (Lipinski definition) is 2. The molecule has 0 aliphatic rings. The Hall–Kier alpha value is -3.08. The summed E-state index contributed by atoms with van der Waals surface area (Å²) in [6.45, 7) is 1.98. The zero-order chi connectivity index (χ0) is 16.0. The quantitative estimate of drug-likeness (QED) is 0.587. The number of H-pyrrole nitrogens is 1. The Balaban J connectivity index is 1.90. The number of aryl methyl sites for hydroxylation is 1. The summed E-state index contributed by atoms with van der Waals surface area (Å²) in [4.78, 5) is 0. The number of nitrogens with zero attached hydrogens (tertiary/aromatic N) is 2. The van der Waals surface area contributed by atoms with Crippen LogP contribution in [0.15, 0.2) is 54.7 Å². The molecular weight excluding hydrogens is 291 g/mol. The van der Waals surface area contributed by atoms with E-state index in [4.69, 9.17) is 5.73 Å². The normalized spacial score (nSPS) is 11.2. The second-order valence-corrected chi connectivity index (χ2v) is 5.57. The van der Waals surface area contributed by atoms with Crippen LogP contribution in [0.3, 0.4) is 0 Å². The Morgan fingerprint density at radius 3 is 2.78 bits per heavy atom. The van der Waals surface area contributed by atoms with Gasteiger partial charge in [-0.25, -0.2) is 4.39 Å². The average molecular weight is 306 g/mol. The first-order chi connectivity index (χ1) is 11.1. The minimum Gasteiger partial charge on any atom is -0.382 e. The first kappa shape index (κ1) is 13.6. The van der Waals surface area contributed by atoms with E-state index in [0.717, 1.165) is 28.0 Å². The first-order valence-corrected chi connectivity index (χ1v) is 7.31. The van der Waals surface area contributed by atoms with Crippen LogP contribution in [0.25, 0.3) is 27.8 Å². The van der Waals surface area contributed by atoms with Crippen LogP contribution in [0.2, 0.25) is 0 Å². The molecule has 4 aromatic rings. The van der Waals surface area contributed by atoms with Crippen LogP contribution in [0.5, 0.6) is 0 Å². The highest BCUT2D eigenvalue weighted by Crippen LogP contribution is 2.28. The van der Waals surface area contributed by atoms with E-state index < -0.39 is 0 Å². The number of halogens is 1. The molecule has 0 unspecified atom stereocenters. The summed E-state index contributed by atoms with van der Waals surface area (Å²) in [5.74, 6) is 0.247. The van der Waals surface area contributed by atoms with Gasteiger partial charge in [-0.15, -0.1) is 0 Å². The van der Waals surface area contributed by atoms with E-state index in [1.54, 1.807) is 18.2 Å². The standard InChI is InChI=1S/C18H15FN4/c1-11-5-6-15(19)14-7-8-23(18(11)14)13-4-2-3-12(9-13)16-10-17(20)22-21-16/h2-10H,1H3,(H3,20,21,22). The summed E-state index contributed by atoms with van der Waals surface area (Å²) >= 11 is 0. The molecule has 23 heavy (non-hydrogen) atoms. The number of aromatic nitrogens is 3. The van der Waals surface area contributed by atoms with Crippen LogP contribution in [0, 0.1) is 12.7 Å². The van der Waals surface area contributed by atoms with Crippen LogP contribution >= 0.6 is 0 Å². The van der Waals surface area contributed by atoms with Crippen molar-refractivity contribution in [2.24, 2.45) is 0 Å². The predicted molar refractivity (Wildman–Crippen MR) is 90.0 cm³/mol. The van der Waals surface area contributed by atoms with Gasteiger partial charge in [-0.2, -0.15) is 5.10 Å². The van der Waals surface area contributed by atoms with E-state index in [0.29, 0.717) is 11.2 Å². The SMILES string of the molecule is Cc1ccc(F)c2ccn(-c3cccc(-c4cc(N)n[nH]4)c3)c12. The maximum absolute atomic E-state index is 14.0. The minimum atomic E-state index is -0.207. The largest absolute Gasteiger partial charge is 0.382 e. The molecular formula is C18H15FN4. The van der Waals surface area contributed by atoms with Crippen molar-refractivity contribution in [2.45, 2.75) is 6.92 Å². The molecule has 0 aliphatic carbocycles. The molecule has 0 saturated heterocycles.